The van der Waals surface area contributed by atoms with Crippen molar-refractivity contribution >= 4 is 27.3 Å². The summed E-state index contributed by atoms with van der Waals surface area (Å²) in [6.07, 6.45) is 2.97. The zero-order chi connectivity index (χ0) is 15.4. The van der Waals surface area contributed by atoms with E-state index < -0.39 is 0 Å². The Kier molecular flexibility index (Phi) is 5.31. The van der Waals surface area contributed by atoms with Crippen LogP contribution in [0.15, 0.2) is 18.2 Å². The molecular weight excluding hydrogens is 287 g/mol. The molecule has 114 valence electrons. The van der Waals surface area contributed by atoms with Crippen LogP contribution in [-0.4, -0.2) is 18.5 Å². The van der Waals surface area contributed by atoms with Gasteiger partial charge in [-0.1, -0.05) is 25.8 Å². The van der Waals surface area contributed by atoms with Gasteiger partial charge < -0.3 is 11.1 Å². The number of hydrogen-bond donors (Lipinski definition) is 2. The van der Waals surface area contributed by atoms with Crippen LogP contribution in [0, 0.1) is 12.7 Å². The minimum absolute atomic E-state index is 0.0214. The monoisotopic (exact) mass is 308 g/mol. The Balaban J connectivity index is 2.23. The number of rotatable bonds is 6. The first-order chi connectivity index (χ1) is 10.1. The van der Waals surface area contributed by atoms with Crippen molar-refractivity contribution in [3.8, 4) is 0 Å². The van der Waals surface area contributed by atoms with Gasteiger partial charge in [0.1, 0.15) is 5.82 Å². The molecule has 3 N–H and O–H groups in total. The van der Waals surface area contributed by atoms with Crippen molar-refractivity contribution in [3.05, 3.63) is 34.5 Å². The van der Waals surface area contributed by atoms with Crippen LogP contribution >= 0.6 is 11.3 Å². The Morgan fingerprint density at radius 2 is 2.24 bits per heavy atom. The fourth-order valence-corrected chi connectivity index (χ4v) is 3.55. The van der Waals surface area contributed by atoms with E-state index in [1.54, 1.807) is 13.0 Å². The number of nitrogens with one attached hydrogen (secondary N) is 1. The summed E-state index contributed by atoms with van der Waals surface area (Å²) < 4.78 is 14.7. The van der Waals surface area contributed by atoms with Gasteiger partial charge in [-0.05, 0) is 31.0 Å². The molecule has 2 rings (SSSR count). The highest BCUT2D eigenvalue weighted by molar-refractivity contribution is 7.21. The molecule has 5 heteroatoms. The lowest BCUT2D eigenvalue weighted by atomic mass is 10.1. The summed E-state index contributed by atoms with van der Waals surface area (Å²) in [6, 6.07) is 4.91. The van der Waals surface area contributed by atoms with Crippen molar-refractivity contribution in [1.82, 2.24) is 5.32 Å². The first-order valence-corrected chi connectivity index (χ1v) is 8.08. The highest BCUT2D eigenvalue weighted by Gasteiger charge is 2.19. The van der Waals surface area contributed by atoms with E-state index in [2.05, 4.69) is 12.2 Å². The lowest BCUT2D eigenvalue weighted by molar-refractivity contribution is 0.0939. The average molecular weight is 308 g/mol. The van der Waals surface area contributed by atoms with Crippen molar-refractivity contribution in [2.24, 2.45) is 5.73 Å². The highest BCUT2D eigenvalue weighted by Crippen LogP contribution is 2.32. The van der Waals surface area contributed by atoms with Gasteiger partial charge in [-0.25, -0.2) is 4.39 Å². The van der Waals surface area contributed by atoms with Gasteiger partial charge in [0.05, 0.1) is 4.88 Å². The first kappa shape index (κ1) is 15.9. The summed E-state index contributed by atoms with van der Waals surface area (Å²) in [5.41, 5.74) is 6.41. The Hall–Kier alpha value is -1.46. The minimum atomic E-state index is -0.276. The largest absolute Gasteiger partial charge is 0.347 e. The number of nitrogens with two attached hydrogens (primary N) is 1. The van der Waals surface area contributed by atoms with Gasteiger partial charge in [-0.15, -0.1) is 11.3 Å². The molecule has 1 heterocycles. The minimum Gasteiger partial charge on any atom is -0.347 e. The molecule has 0 aliphatic heterocycles. The molecule has 1 aromatic heterocycles. The maximum absolute atomic E-state index is 13.9. The van der Waals surface area contributed by atoms with Crippen molar-refractivity contribution in [2.45, 2.75) is 39.2 Å². The summed E-state index contributed by atoms with van der Waals surface area (Å²) in [6.45, 7) is 4.32. The van der Waals surface area contributed by atoms with Crippen LogP contribution in [0.4, 0.5) is 4.39 Å². The highest BCUT2D eigenvalue weighted by atomic mass is 32.1. The van der Waals surface area contributed by atoms with Crippen molar-refractivity contribution < 1.29 is 9.18 Å². The molecule has 0 saturated carbocycles. The molecular formula is C16H21FN2OS. The Morgan fingerprint density at radius 1 is 1.48 bits per heavy atom. The zero-order valence-corrected chi connectivity index (χ0v) is 13.2. The summed E-state index contributed by atoms with van der Waals surface area (Å²) in [4.78, 5) is 13.0. The molecule has 3 nitrogen and oxygen atoms in total. The van der Waals surface area contributed by atoms with Crippen molar-refractivity contribution in [3.63, 3.8) is 0 Å². The predicted molar refractivity (Wildman–Crippen MR) is 86.4 cm³/mol. The fourth-order valence-electron chi connectivity index (χ4n) is 2.42. The van der Waals surface area contributed by atoms with Gasteiger partial charge in [0, 0.05) is 22.7 Å². The van der Waals surface area contributed by atoms with Crippen LogP contribution < -0.4 is 11.1 Å². The number of halogens is 1. The number of carbonyl (C=O) groups is 1. The number of fused-ring (bicyclic) bond motifs is 1. The Labute approximate surface area is 128 Å². The van der Waals surface area contributed by atoms with E-state index in [9.17, 15) is 9.18 Å². The van der Waals surface area contributed by atoms with Gasteiger partial charge >= 0.3 is 0 Å². The van der Waals surface area contributed by atoms with E-state index in [0.29, 0.717) is 22.4 Å². The quantitative estimate of drug-likeness (QED) is 0.856. The fraction of sp³-hybridized carbons (Fsp3) is 0.438. The van der Waals surface area contributed by atoms with Crippen LogP contribution in [0.1, 0.15) is 41.4 Å². The second-order valence-electron chi connectivity index (χ2n) is 5.22. The number of carbonyl (C=O) groups excluding carboxylic acids is 1. The lowest BCUT2D eigenvalue weighted by Gasteiger charge is -2.16. The SMILES string of the molecule is CCCCC(CN)NC(=O)c1sc2cccc(F)c2c1C. The average Bonchev–Trinajstić information content (AvgIpc) is 2.82. The van der Waals surface area contributed by atoms with Gasteiger partial charge in [0.15, 0.2) is 0 Å². The topological polar surface area (TPSA) is 55.1 Å². The molecule has 0 radical (unpaired) electrons. The van der Waals surface area contributed by atoms with E-state index in [4.69, 9.17) is 5.73 Å². The molecule has 0 fully saturated rings. The molecule has 21 heavy (non-hydrogen) atoms. The maximum atomic E-state index is 13.9. The smallest absolute Gasteiger partial charge is 0.261 e. The van der Waals surface area contributed by atoms with Crippen molar-refractivity contribution in [1.29, 1.82) is 0 Å². The number of thiophene rings is 1. The van der Waals surface area contributed by atoms with Crippen LogP contribution in [0.2, 0.25) is 0 Å². The second-order valence-corrected chi connectivity index (χ2v) is 6.27. The van der Waals surface area contributed by atoms with Gasteiger partial charge in [0.25, 0.3) is 5.91 Å². The lowest BCUT2D eigenvalue weighted by Crippen LogP contribution is -2.40. The third-order valence-electron chi connectivity index (χ3n) is 3.64. The summed E-state index contributed by atoms with van der Waals surface area (Å²) >= 11 is 1.33. The molecule has 1 amide bonds. The number of hydrogen-bond acceptors (Lipinski definition) is 3. The van der Waals surface area contributed by atoms with Gasteiger partial charge in [-0.2, -0.15) is 0 Å². The third-order valence-corrected chi connectivity index (χ3v) is 4.89. The summed E-state index contributed by atoms with van der Waals surface area (Å²) in [5, 5.41) is 3.51. The van der Waals surface area contributed by atoms with Gasteiger partial charge in [-0.3, -0.25) is 4.79 Å². The van der Waals surface area contributed by atoms with E-state index in [1.165, 1.54) is 17.4 Å². The van der Waals surface area contributed by atoms with E-state index in [-0.39, 0.29) is 17.8 Å². The zero-order valence-electron chi connectivity index (χ0n) is 12.4. The molecule has 0 spiro atoms. The van der Waals surface area contributed by atoms with Crippen LogP contribution in [-0.2, 0) is 0 Å². The van der Waals surface area contributed by atoms with Crippen molar-refractivity contribution in [2.75, 3.05) is 6.54 Å². The molecule has 0 aliphatic rings. The van der Waals surface area contributed by atoms with Gasteiger partial charge in [0.2, 0.25) is 0 Å². The molecule has 1 atom stereocenters. The number of unbranched alkanes of at least 4 members (excludes halogenated alkanes) is 1. The molecule has 1 unspecified atom stereocenters. The first-order valence-electron chi connectivity index (χ1n) is 7.27. The second kappa shape index (κ2) is 7.00. The molecule has 0 aliphatic carbocycles. The van der Waals surface area contributed by atoms with Crippen LogP contribution in [0.5, 0.6) is 0 Å². The summed E-state index contributed by atoms with van der Waals surface area (Å²) in [5.74, 6) is -0.429. The molecule has 0 saturated heterocycles. The summed E-state index contributed by atoms with van der Waals surface area (Å²) in [7, 11) is 0. The molecule has 1 aromatic carbocycles. The number of aryl methyl sites for hydroxylation is 1. The third kappa shape index (κ3) is 3.41. The van der Waals surface area contributed by atoms with Crippen LogP contribution in [0.3, 0.4) is 0 Å². The number of amides is 1. The van der Waals surface area contributed by atoms with E-state index >= 15 is 0 Å². The number of benzene rings is 1. The molecule has 0 bridgehead atoms. The predicted octanol–water partition coefficient (Wildman–Crippen LogP) is 3.60. The van der Waals surface area contributed by atoms with Crippen LogP contribution in [0.25, 0.3) is 10.1 Å². The Morgan fingerprint density at radius 3 is 2.86 bits per heavy atom. The van der Waals surface area contributed by atoms with E-state index in [1.807, 2.05) is 6.07 Å². The molecule has 2 aromatic rings. The standard InChI is InChI=1S/C16H21FN2OS/c1-3-4-6-11(9-18)19-16(20)15-10(2)14-12(17)7-5-8-13(14)21-15/h5,7-8,11H,3-4,6,9,18H2,1-2H3,(H,19,20). The Bertz CT molecular complexity index is 638. The van der Waals surface area contributed by atoms with E-state index in [0.717, 1.165) is 24.0 Å². The maximum Gasteiger partial charge on any atom is 0.261 e. The normalized spacial score (nSPS) is 12.6.